The molecule has 0 fully saturated rings. The first-order chi connectivity index (χ1) is 7.22. The van der Waals surface area contributed by atoms with Crippen molar-refractivity contribution in [1.82, 2.24) is 4.98 Å². The number of fused-ring (bicyclic) bond motifs is 1. The van der Waals surface area contributed by atoms with Crippen LogP contribution in [0.15, 0.2) is 24.3 Å². The summed E-state index contributed by atoms with van der Waals surface area (Å²) < 4.78 is 0. The number of alkyl halides is 1. The summed E-state index contributed by atoms with van der Waals surface area (Å²) in [5.41, 5.74) is 1.75. The summed E-state index contributed by atoms with van der Waals surface area (Å²) in [5, 5.41) is 2.11. The largest absolute Gasteiger partial charge is 0.236 e. The zero-order valence-electron chi connectivity index (χ0n) is 7.80. The number of benzene rings is 1. The lowest BCUT2D eigenvalue weighted by atomic mass is 10.1. The second-order valence-corrected chi connectivity index (χ2v) is 4.33. The fourth-order valence-electron chi connectivity index (χ4n) is 1.45. The van der Waals surface area contributed by atoms with E-state index in [1.807, 2.05) is 24.3 Å². The van der Waals surface area contributed by atoms with Crippen molar-refractivity contribution in [3.8, 4) is 0 Å². The Morgan fingerprint density at radius 2 is 2.00 bits per heavy atom. The average molecular weight is 261 g/mol. The molecule has 0 spiro atoms. The second-order valence-electron chi connectivity index (χ2n) is 3.18. The van der Waals surface area contributed by atoms with Gasteiger partial charge in [-0.15, -0.1) is 11.6 Å². The first-order valence-electron chi connectivity index (χ1n) is 4.52. The van der Waals surface area contributed by atoms with Crippen LogP contribution in [0.5, 0.6) is 0 Å². The Labute approximate surface area is 103 Å². The van der Waals surface area contributed by atoms with Crippen molar-refractivity contribution >= 4 is 45.7 Å². The zero-order valence-corrected chi connectivity index (χ0v) is 10.1. The maximum absolute atomic E-state index is 6.07. The molecule has 2 rings (SSSR count). The Hall–Kier alpha value is -0.500. The summed E-state index contributed by atoms with van der Waals surface area (Å²) in [4.78, 5) is 4.28. The SMILES string of the molecule is ClCCc1cc2c(Cl)cccc2nc1Cl. The van der Waals surface area contributed by atoms with E-state index in [9.17, 15) is 0 Å². The fourth-order valence-corrected chi connectivity index (χ4v) is 2.12. The highest BCUT2D eigenvalue weighted by Gasteiger charge is 2.06. The Kier molecular flexibility index (Phi) is 3.35. The van der Waals surface area contributed by atoms with Crippen LogP contribution in [0.1, 0.15) is 5.56 Å². The second kappa shape index (κ2) is 4.56. The third-order valence-electron chi connectivity index (χ3n) is 2.20. The molecule has 0 saturated carbocycles. The standard InChI is InChI=1S/C11H8Cl3N/c12-5-4-7-6-8-9(13)2-1-3-10(8)15-11(7)14/h1-3,6H,4-5H2. The van der Waals surface area contributed by atoms with Gasteiger partial charge in [-0.05, 0) is 30.2 Å². The molecule has 78 valence electrons. The first-order valence-corrected chi connectivity index (χ1v) is 5.81. The molecule has 0 radical (unpaired) electrons. The minimum absolute atomic E-state index is 0.505. The van der Waals surface area contributed by atoms with E-state index in [-0.39, 0.29) is 0 Å². The molecule has 0 aliphatic heterocycles. The van der Waals surface area contributed by atoms with Crippen molar-refractivity contribution in [2.45, 2.75) is 6.42 Å². The number of rotatable bonds is 2. The molecule has 0 atom stereocenters. The first kappa shape index (κ1) is 11.0. The van der Waals surface area contributed by atoms with E-state index in [1.165, 1.54) is 0 Å². The van der Waals surface area contributed by atoms with E-state index in [2.05, 4.69) is 4.98 Å². The van der Waals surface area contributed by atoms with Gasteiger partial charge in [0.25, 0.3) is 0 Å². The Morgan fingerprint density at radius 1 is 1.20 bits per heavy atom. The minimum Gasteiger partial charge on any atom is -0.236 e. The van der Waals surface area contributed by atoms with E-state index in [0.717, 1.165) is 16.5 Å². The minimum atomic E-state index is 0.505. The molecule has 0 unspecified atom stereocenters. The van der Waals surface area contributed by atoms with E-state index < -0.39 is 0 Å². The molecule has 15 heavy (non-hydrogen) atoms. The molecule has 0 aliphatic rings. The molecule has 0 aliphatic carbocycles. The third kappa shape index (κ3) is 2.20. The highest BCUT2D eigenvalue weighted by molar-refractivity contribution is 6.36. The summed E-state index contributed by atoms with van der Waals surface area (Å²) in [6.07, 6.45) is 0.703. The van der Waals surface area contributed by atoms with Crippen LogP contribution >= 0.6 is 34.8 Å². The molecule has 1 aromatic carbocycles. The molecular formula is C11H8Cl3N. The van der Waals surface area contributed by atoms with Gasteiger partial charge in [0, 0.05) is 16.3 Å². The van der Waals surface area contributed by atoms with Crippen molar-refractivity contribution in [2.75, 3.05) is 5.88 Å². The summed E-state index contributed by atoms with van der Waals surface area (Å²) >= 11 is 17.8. The van der Waals surface area contributed by atoms with E-state index in [4.69, 9.17) is 34.8 Å². The number of hydrogen-bond donors (Lipinski definition) is 0. The van der Waals surface area contributed by atoms with Crippen LogP contribution in [-0.2, 0) is 6.42 Å². The number of nitrogens with zero attached hydrogens (tertiary/aromatic N) is 1. The van der Waals surface area contributed by atoms with Gasteiger partial charge >= 0.3 is 0 Å². The van der Waals surface area contributed by atoms with Crippen LogP contribution in [0.3, 0.4) is 0 Å². The van der Waals surface area contributed by atoms with Gasteiger partial charge in [-0.3, -0.25) is 0 Å². The molecule has 0 amide bonds. The maximum atomic E-state index is 6.07. The van der Waals surface area contributed by atoms with Gasteiger partial charge in [0.2, 0.25) is 0 Å². The van der Waals surface area contributed by atoms with Gasteiger partial charge in [-0.1, -0.05) is 29.3 Å². The van der Waals surface area contributed by atoms with Crippen LogP contribution in [0.4, 0.5) is 0 Å². The van der Waals surface area contributed by atoms with E-state index in [0.29, 0.717) is 22.5 Å². The van der Waals surface area contributed by atoms with Crippen molar-refractivity contribution in [3.63, 3.8) is 0 Å². The van der Waals surface area contributed by atoms with Crippen LogP contribution in [0.2, 0.25) is 10.2 Å². The molecule has 1 heterocycles. The Morgan fingerprint density at radius 3 is 2.73 bits per heavy atom. The maximum Gasteiger partial charge on any atom is 0.133 e. The topological polar surface area (TPSA) is 12.9 Å². The molecular weight excluding hydrogens is 252 g/mol. The molecule has 4 heteroatoms. The van der Waals surface area contributed by atoms with Crippen LogP contribution < -0.4 is 0 Å². The number of hydrogen-bond acceptors (Lipinski definition) is 1. The predicted molar refractivity (Wildman–Crippen MR) is 66.2 cm³/mol. The summed E-state index contributed by atoms with van der Waals surface area (Å²) in [6.45, 7) is 0. The average Bonchev–Trinajstić information content (AvgIpc) is 2.21. The molecule has 1 aromatic heterocycles. The Balaban J connectivity index is 2.66. The van der Waals surface area contributed by atoms with Gasteiger partial charge in [0.05, 0.1) is 5.52 Å². The lowest BCUT2D eigenvalue weighted by Gasteiger charge is -2.05. The third-order valence-corrected chi connectivity index (χ3v) is 3.04. The number of aryl methyl sites for hydroxylation is 1. The van der Waals surface area contributed by atoms with Gasteiger partial charge in [-0.25, -0.2) is 4.98 Å². The quantitative estimate of drug-likeness (QED) is 0.579. The molecule has 0 N–H and O–H groups in total. The van der Waals surface area contributed by atoms with Crippen LogP contribution in [0, 0.1) is 0 Å². The van der Waals surface area contributed by atoms with Crippen molar-refractivity contribution in [3.05, 3.63) is 40.0 Å². The smallest absolute Gasteiger partial charge is 0.133 e. The highest BCUT2D eigenvalue weighted by atomic mass is 35.5. The van der Waals surface area contributed by atoms with E-state index in [1.54, 1.807) is 0 Å². The Bertz CT molecular complexity index is 496. The fraction of sp³-hybridized carbons (Fsp3) is 0.182. The van der Waals surface area contributed by atoms with Crippen molar-refractivity contribution in [1.29, 1.82) is 0 Å². The monoisotopic (exact) mass is 259 g/mol. The summed E-state index contributed by atoms with van der Waals surface area (Å²) in [5.74, 6) is 0.525. The van der Waals surface area contributed by atoms with E-state index >= 15 is 0 Å². The molecule has 0 bridgehead atoms. The van der Waals surface area contributed by atoms with Gasteiger partial charge < -0.3 is 0 Å². The van der Waals surface area contributed by atoms with Gasteiger partial charge in [0.1, 0.15) is 5.15 Å². The lowest BCUT2D eigenvalue weighted by molar-refractivity contribution is 1.13. The lowest BCUT2D eigenvalue weighted by Crippen LogP contribution is -1.92. The van der Waals surface area contributed by atoms with Crippen molar-refractivity contribution in [2.24, 2.45) is 0 Å². The number of pyridine rings is 1. The summed E-state index contributed by atoms with van der Waals surface area (Å²) in [6, 6.07) is 7.53. The molecule has 2 aromatic rings. The molecule has 1 nitrogen and oxygen atoms in total. The molecule has 0 saturated heterocycles. The zero-order chi connectivity index (χ0) is 10.8. The summed E-state index contributed by atoms with van der Waals surface area (Å²) in [7, 11) is 0. The van der Waals surface area contributed by atoms with Crippen LogP contribution in [-0.4, -0.2) is 10.9 Å². The predicted octanol–water partition coefficient (Wildman–Crippen LogP) is 4.32. The normalized spacial score (nSPS) is 10.9. The number of halogens is 3. The van der Waals surface area contributed by atoms with Crippen molar-refractivity contribution < 1.29 is 0 Å². The van der Waals surface area contributed by atoms with Crippen LogP contribution in [0.25, 0.3) is 10.9 Å². The van der Waals surface area contributed by atoms with Gasteiger partial charge in [0.15, 0.2) is 0 Å². The van der Waals surface area contributed by atoms with Gasteiger partial charge in [-0.2, -0.15) is 0 Å². The highest BCUT2D eigenvalue weighted by Crippen LogP contribution is 2.26. The number of aromatic nitrogens is 1.